The highest BCUT2D eigenvalue weighted by Crippen LogP contribution is 2.44. The van der Waals surface area contributed by atoms with Crippen LogP contribution in [0.1, 0.15) is 95.1 Å². The van der Waals surface area contributed by atoms with E-state index < -0.39 is 0 Å². The van der Waals surface area contributed by atoms with Crippen molar-refractivity contribution in [1.82, 2.24) is 0 Å². The number of allylic oxidation sites excluding steroid dienone is 3. The van der Waals surface area contributed by atoms with Crippen molar-refractivity contribution in [3.8, 4) is 0 Å². The molecule has 2 saturated carbocycles. The number of hydrogen-bond donors (Lipinski definition) is 0. The maximum atomic E-state index is 5.67. The lowest BCUT2D eigenvalue weighted by atomic mass is 9.68. The fraction of sp³-hybridized carbons (Fsp3) is 0.643. The molecule has 1 heteroatoms. The molecular weight excluding hydrogens is 352 g/mol. The Morgan fingerprint density at radius 1 is 0.828 bits per heavy atom. The van der Waals surface area contributed by atoms with E-state index in [0.29, 0.717) is 13.2 Å². The van der Waals surface area contributed by atoms with Gasteiger partial charge in [0.2, 0.25) is 0 Å². The third-order valence-corrected chi connectivity index (χ3v) is 7.37. The molecule has 0 bridgehead atoms. The second-order valence-corrected chi connectivity index (χ2v) is 9.33. The minimum atomic E-state index is 0.708. The van der Waals surface area contributed by atoms with Gasteiger partial charge >= 0.3 is 0 Å². The van der Waals surface area contributed by atoms with Crippen molar-refractivity contribution in [2.24, 2.45) is 17.8 Å². The van der Waals surface area contributed by atoms with Crippen molar-refractivity contribution in [2.45, 2.75) is 90.6 Å². The first-order valence-electron chi connectivity index (χ1n) is 12.2. The molecule has 0 N–H and O–H groups in total. The fourth-order valence-electron chi connectivity index (χ4n) is 5.50. The second kappa shape index (κ2) is 12.4. The molecule has 2 fully saturated rings. The third-order valence-electron chi connectivity index (χ3n) is 7.37. The average molecular weight is 395 g/mol. The molecule has 1 aromatic rings. The Labute approximate surface area is 179 Å². The highest BCUT2D eigenvalue weighted by atomic mass is 16.5. The Morgan fingerprint density at radius 2 is 1.48 bits per heavy atom. The van der Waals surface area contributed by atoms with Gasteiger partial charge < -0.3 is 4.74 Å². The zero-order chi connectivity index (χ0) is 20.3. The quantitative estimate of drug-likeness (QED) is 0.303. The van der Waals surface area contributed by atoms with Crippen molar-refractivity contribution in [3.05, 3.63) is 59.7 Å². The summed E-state index contributed by atoms with van der Waals surface area (Å²) in [6.07, 6.45) is 23.0. The zero-order valence-electron chi connectivity index (χ0n) is 18.8. The first kappa shape index (κ1) is 22.3. The predicted molar refractivity (Wildman–Crippen MR) is 125 cm³/mol. The van der Waals surface area contributed by atoms with E-state index in [4.69, 9.17) is 4.74 Å². The number of ether oxygens (including phenoxy) is 1. The van der Waals surface area contributed by atoms with Crippen molar-refractivity contribution < 1.29 is 4.74 Å². The largest absolute Gasteiger partial charge is 0.373 e. The van der Waals surface area contributed by atoms with Gasteiger partial charge in [0.25, 0.3) is 0 Å². The predicted octanol–water partition coefficient (Wildman–Crippen LogP) is 8.22. The van der Waals surface area contributed by atoms with E-state index >= 15 is 0 Å². The lowest BCUT2D eigenvalue weighted by molar-refractivity contribution is 0.148. The normalized spacial score (nSPS) is 28.3. The molecule has 0 aliphatic heterocycles. The molecule has 0 radical (unpaired) electrons. The Balaban J connectivity index is 1.38. The van der Waals surface area contributed by atoms with Crippen molar-refractivity contribution in [1.29, 1.82) is 0 Å². The molecule has 0 heterocycles. The molecule has 1 nitrogen and oxygen atoms in total. The third kappa shape index (κ3) is 7.14. The Morgan fingerprint density at radius 3 is 2.10 bits per heavy atom. The number of benzene rings is 1. The lowest BCUT2D eigenvalue weighted by Crippen LogP contribution is -2.25. The molecule has 2 aliphatic rings. The van der Waals surface area contributed by atoms with Crippen molar-refractivity contribution in [3.63, 3.8) is 0 Å². The molecule has 0 saturated heterocycles. The zero-order valence-corrected chi connectivity index (χ0v) is 18.8. The van der Waals surface area contributed by atoms with E-state index in [0.717, 1.165) is 23.7 Å². The summed E-state index contributed by atoms with van der Waals surface area (Å²) in [6.45, 7) is 5.69. The van der Waals surface area contributed by atoms with Gasteiger partial charge in [-0.25, -0.2) is 0 Å². The number of rotatable bonds is 9. The van der Waals surface area contributed by atoms with Gasteiger partial charge in [0, 0.05) is 0 Å². The van der Waals surface area contributed by atoms with Crippen LogP contribution in [-0.4, -0.2) is 6.61 Å². The highest BCUT2D eigenvalue weighted by molar-refractivity contribution is 5.25. The standard InChI is InChI=1S/C28H42O/c1-3-5-7-8-23-9-13-25(14-10-23)27-17-19-28(20-18-27)26-15-11-24(12-16-26)22-29-21-6-4-2/h4-7,11-12,15-16,23,25,27-28H,3,8-10,13-14,17-22H2,1-2H3/b6-4?,7-5+/t23-,25-,27?,28?. The molecule has 3 rings (SSSR count). The molecule has 29 heavy (non-hydrogen) atoms. The second-order valence-electron chi connectivity index (χ2n) is 9.33. The van der Waals surface area contributed by atoms with Crippen molar-refractivity contribution >= 4 is 0 Å². The van der Waals surface area contributed by atoms with Crippen molar-refractivity contribution in [2.75, 3.05) is 6.61 Å². The van der Waals surface area contributed by atoms with Gasteiger partial charge in [0.1, 0.15) is 0 Å². The SMILES string of the molecule is CC=CCOCc1ccc(C2CCC([C@H]3CC[C@H](C/C=C/CC)CC3)CC2)cc1. The molecule has 0 atom stereocenters. The van der Waals surface area contributed by atoms with Gasteiger partial charge in [-0.05, 0) is 106 Å². The molecule has 2 aliphatic carbocycles. The van der Waals surface area contributed by atoms with Crippen LogP contribution in [0.15, 0.2) is 48.6 Å². The van der Waals surface area contributed by atoms with E-state index in [2.05, 4.69) is 49.4 Å². The Bertz CT molecular complexity index is 610. The van der Waals surface area contributed by atoms with Crippen LogP contribution in [0.4, 0.5) is 0 Å². The molecule has 0 amide bonds. The monoisotopic (exact) mass is 394 g/mol. The minimum Gasteiger partial charge on any atom is -0.373 e. The first-order chi connectivity index (χ1) is 14.3. The van der Waals surface area contributed by atoms with E-state index in [1.165, 1.54) is 69.8 Å². The van der Waals surface area contributed by atoms with Gasteiger partial charge in [0.15, 0.2) is 0 Å². The average Bonchev–Trinajstić information content (AvgIpc) is 2.78. The molecule has 0 unspecified atom stereocenters. The van der Waals surface area contributed by atoms with Crippen LogP contribution in [-0.2, 0) is 11.3 Å². The molecule has 0 aromatic heterocycles. The molecular formula is C28H42O. The maximum absolute atomic E-state index is 5.67. The molecule has 1 aromatic carbocycles. The van der Waals surface area contributed by atoms with Crippen LogP contribution < -0.4 is 0 Å². The van der Waals surface area contributed by atoms with E-state index in [-0.39, 0.29) is 0 Å². The van der Waals surface area contributed by atoms with Gasteiger partial charge in [-0.1, -0.05) is 55.5 Å². The van der Waals surface area contributed by atoms with Crippen LogP contribution >= 0.6 is 0 Å². The van der Waals surface area contributed by atoms with Gasteiger partial charge in [0.05, 0.1) is 13.2 Å². The van der Waals surface area contributed by atoms with Crippen LogP contribution in [0.2, 0.25) is 0 Å². The van der Waals surface area contributed by atoms with Gasteiger partial charge in [-0.3, -0.25) is 0 Å². The summed E-state index contributed by atoms with van der Waals surface area (Å²) in [6, 6.07) is 9.25. The van der Waals surface area contributed by atoms with Gasteiger partial charge in [-0.15, -0.1) is 0 Å². The summed E-state index contributed by atoms with van der Waals surface area (Å²) in [5, 5.41) is 0. The van der Waals surface area contributed by atoms with Crippen LogP contribution in [0.5, 0.6) is 0 Å². The molecule has 0 spiro atoms. The summed E-state index contributed by atoms with van der Waals surface area (Å²) in [5.74, 6) is 3.75. The fourth-order valence-corrected chi connectivity index (χ4v) is 5.50. The highest BCUT2D eigenvalue weighted by Gasteiger charge is 2.30. The summed E-state index contributed by atoms with van der Waals surface area (Å²) in [7, 11) is 0. The topological polar surface area (TPSA) is 9.23 Å². The maximum Gasteiger partial charge on any atom is 0.0721 e. The molecule has 160 valence electrons. The van der Waals surface area contributed by atoms with Gasteiger partial charge in [-0.2, -0.15) is 0 Å². The lowest BCUT2D eigenvalue weighted by Gasteiger charge is -2.38. The van der Waals surface area contributed by atoms with Crippen LogP contribution in [0.25, 0.3) is 0 Å². The summed E-state index contributed by atoms with van der Waals surface area (Å²) < 4.78 is 5.67. The summed E-state index contributed by atoms with van der Waals surface area (Å²) in [4.78, 5) is 0. The van der Waals surface area contributed by atoms with Crippen LogP contribution in [0, 0.1) is 17.8 Å². The Hall–Kier alpha value is -1.34. The first-order valence-corrected chi connectivity index (χ1v) is 12.2. The van der Waals surface area contributed by atoms with E-state index in [1.807, 2.05) is 13.0 Å². The number of hydrogen-bond acceptors (Lipinski definition) is 1. The minimum absolute atomic E-state index is 0.708. The van der Waals surface area contributed by atoms with E-state index in [9.17, 15) is 0 Å². The summed E-state index contributed by atoms with van der Waals surface area (Å²) in [5.41, 5.74) is 2.84. The Kier molecular flexibility index (Phi) is 9.54. The smallest absolute Gasteiger partial charge is 0.0721 e. The summed E-state index contributed by atoms with van der Waals surface area (Å²) >= 11 is 0. The van der Waals surface area contributed by atoms with E-state index in [1.54, 1.807) is 5.56 Å². The van der Waals surface area contributed by atoms with Crippen LogP contribution in [0.3, 0.4) is 0 Å².